The Morgan fingerprint density at radius 1 is 1.17 bits per heavy atom. The van der Waals surface area contributed by atoms with Crippen molar-refractivity contribution in [1.82, 2.24) is 0 Å². The molecule has 2 aromatic carbocycles. The van der Waals surface area contributed by atoms with E-state index in [9.17, 15) is 5.11 Å². The maximum absolute atomic E-state index is 9.76. The van der Waals surface area contributed by atoms with E-state index in [1.54, 1.807) is 6.07 Å². The number of nitrogens with two attached hydrogens (primary N) is 1. The zero-order chi connectivity index (χ0) is 13.0. The number of hydrogen-bond donors (Lipinski definition) is 3. The van der Waals surface area contributed by atoms with E-state index in [-0.39, 0.29) is 5.75 Å². The second-order valence-electron chi connectivity index (χ2n) is 4.04. The summed E-state index contributed by atoms with van der Waals surface area (Å²) in [6.45, 7) is 0.505. The van der Waals surface area contributed by atoms with Crippen LogP contribution in [0.3, 0.4) is 0 Å². The summed E-state index contributed by atoms with van der Waals surface area (Å²) in [5.74, 6) is 0.687. The third-order valence-electron chi connectivity index (χ3n) is 2.73. The van der Waals surface area contributed by atoms with Gasteiger partial charge < -0.3 is 16.2 Å². The quantitative estimate of drug-likeness (QED) is 0.585. The van der Waals surface area contributed by atoms with Gasteiger partial charge in [-0.15, -0.1) is 11.6 Å². The molecule has 2 aromatic rings. The Morgan fingerprint density at radius 3 is 2.67 bits per heavy atom. The predicted molar refractivity (Wildman–Crippen MR) is 75.8 cm³/mol. The fourth-order valence-corrected chi connectivity index (χ4v) is 1.88. The van der Waals surface area contributed by atoms with E-state index in [1.165, 1.54) is 0 Å². The van der Waals surface area contributed by atoms with Crippen molar-refractivity contribution in [3.8, 4) is 5.75 Å². The molecule has 0 aromatic heterocycles. The number of halogens is 1. The predicted octanol–water partition coefficient (Wildman–Crippen LogP) is 3.33. The molecule has 0 heterocycles. The average molecular weight is 263 g/mol. The molecule has 0 fully saturated rings. The minimum absolute atomic E-state index is 0.255. The number of hydrogen-bond acceptors (Lipinski definition) is 3. The lowest BCUT2D eigenvalue weighted by Gasteiger charge is -2.11. The molecule has 3 nitrogen and oxygen atoms in total. The van der Waals surface area contributed by atoms with Crippen LogP contribution in [0.15, 0.2) is 42.5 Å². The van der Waals surface area contributed by atoms with Gasteiger partial charge in [-0.05, 0) is 29.8 Å². The molecule has 0 radical (unpaired) electrons. The molecule has 2 rings (SSSR count). The summed E-state index contributed by atoms with van der Waals surface area (Å²) in [5, 5.41) is 13.0. The molecule has 4 N–H and O–H groups in total. The first-order valence-electron chi connectivity index (χ1n) is 5.66. The summed E-state index contributed by atoms with van der Waals surface area (Å²) in [5.41, 5.74) is 9.15. The van der Waals surface area contributed by atoms with E-state index in [0.29, 0.717) is 18.1 Å². The average Bonchev–Trinajstić information content (AvgIpc) is 2.39. The van der Waals surface area contributed by atoms with Gasteiger partial charge in [-0.3, -0.25) is 0 Å². The normalized spacial score (nSPS) is 10.3. The Morgan fingerprint density at radius 2 is 1.94 bits per heavy atom. The smallest absolute Gasteiger partial charge is 0.120 e. The van der Waals surface area contributed by atoms with Crippen LogP contribution in [-0.4, -0.2) is 5.11 Å². The van der Waals surface area contributed by atoms with Crippen LogP contribution in [0.1, 0.15) is 11.1 Å². The van der Waals surface area contributed by atoms with Crippen molar-refractivity contribution < 1.29 is 5.11 Å². The number of benzene rings is 2. The maximum Gasteiger partial charge on any atom is 0.120 e. The van der Waals surface area contributed by atoms with Crippen molar-refractivity contribution in [2.24, 2.45) is 0 Å². The number of alkyl halides is 1. The van der Waals surface area contributed by atoms with Gasteiger partial charge in [-0.1, -0.05) is 18.2 Å². The van der Waals surface area contributed by atoms with E-state index in [0.717, 1.165) is 16.8 Å². The number of rotatable bonds is 4. The van der Waals surface area contributed by atoms with Crippen LogP contribution < -0.4 is 11.1 Å². The summed E-state index contributed by atoms with van der Waals surface area (Å²) in [6, 6.07) is 12.9. The Hall–Kier alpha value is -1.87. The van der Waals surface area contributed by atoms with Gasteiger partial charge in [-0.25, -0.2) is 0 Å². The minimum atomic E-state index is 0.255. The van der Waals surface area contributed by atoms with Gasteiger partial charge >= 0.3 is 0 Å². The number of phenols is 1. The molecule has 4 heteroatoms. The van der Waals surface area contributed by atoms with Crippen molar-refractivity contribution in [3.05, 3.63) is 53.6 Å². The summed E-state index contributed by atoms with van der Waals surface area (Å²) >= 11 is 5.77. The van der Waals surface area contributed by atoms with Crippen LogP contribution >= 0.6 is 11.6 Å². The van der Waals surface area contributed by atoms with Crippen LogP contribution in [0.5, 0.6) is 5.75 Å². The number of anilines is 2. The van der Waals surface area contributed by atoms with Gasteiger partial charge in [0.25, 0.3) is 0 Å². The van der Waals surface area contributed by atoms with Crippen molar-refractivity contribution in [2.45, 2.75) is 12.4 Å². The number of phenolic OH excluding ortho intramolecular Hbond substituents is 1. The Balaban J connectivity index is 2.13. The van der Waals surface area contributed by atoms with Crippen molar-refractivity contribution in [2.75, 3.05) is 11.1 Å². The summed E-state index contributed by atoms with van der Waals surface area (Å²) in [4.78, 5) is 0. The zero-order valence-corrected chi connectivity index (χ0v) is 10.6. The zero-order valence-electron chi connectivity index (χ0n) is 9.86. The fraction of sp³-hybridized carbons (Fsp3) is 0.143. The molecular weight excluding hydrogens is 248 g/mol. The molecule has 0 bridgehead atoms. The monoisotopic (exact) mass is 262 g/mol. The first kappa shape index (κ1) is 12.6. The molecule has 18 heavy (non-hydrogen) atoms. The lowest BCUT2D eigenvalue weighted by atomic mass is 10.1. The molecule has 0 aliphatic rings. The van der Waals surface area contributed by atoms with E-state index in [2.05, 4.69) is 5.32 Å². The SMILES string of the molecule is Nc1ccccc1NCc1cc(CCl)ccc1O. The number of nitrogen functional groups attached to an aromatic ring is 1. The second kappa shape index (κ2) is 5.65. The molecule has 0 unspecified atom stereocenters. The van der Waals surface area contributed by atoms with Crippen molar-refractivity contribution >= 4 is 23.0 Å². The van der Waals surface area contributed by atoms with Crippen LogP contribution in [0.25, 0.3) is 0 Å². The van der Waals surface area contributed by atoms with Crippen molar-refractivity contribution in [3.63, 3.8) is 0 Å². The highest BCUT2D eigenvalue weighted by Crippen LogP contribution is 2.23. The van der Waals surface area contributed by atoms with Crippen LogP contribution in [0.4, 0.5) is 11.4 Å². The Bertz CT molecular complexity index is 543. The number of aromatic hydroxyl groups is 1. The maximum atomic E-state index is 9.76. The number of nitrogens with one attached hydrogen (secondary N) is 1. The van der Waals surface area contributed by atoms with Gasteiger partial charge in [0.15, 0.2) is 0 Å². The summed E-state index contributed by atoms with van der Waals surface area (Å²) < 4.78 is 0. The molecule has 0 saturated heterocycles. The Kier molecular flexibility index (Phi) is 3.95. The van der Waals surface area contributed by atoms with Gasteiger partial charge in [0, 0.05) is 18.0 Å². The molecule has 0 spiro atoms. The van der Waals surface area contributed by atoms with Crippen LogP contribution in [0, 0.1) is 0 Å². The fourth-order valence-electron chi connectivity index (χ4n) is 1.71. The topological polar surface area (TPSA) is 58.3 Å². The third kappa shape index (κ3) is 2.87. The highest BCUT2D eigenvalue weighted by Gasteiger charge is 2.03. The molecule has 0 aliphatic carbocycles. The second-order valence-corrected chi connectivity index (χ2v) is 4.30. The molecule has 0 aliphatic heterocycles. The Labute approximate surface area is 111 Å². The lowest BCUT2D eigenvalue weighted by molar-refractivity contribution is 0.469. The minimum Gasteiger partial charge on any atom is -0.508 e. The standard InChI is InChI=1S/C14H15ClN2O/c15-8-10-5-6-14(18)11(7-10)9-17-13-4-2-1-3-12(13)16/h1-7,17-18H,8-9,16H2. The number of para-hydroxylation sites is 2. The molecular formula is C14H15ClN2O. The van der Waals surface area contributed by atoms with Crippen LogP contribution in [-0.2, 0) is 12.4 Å². The molecule has 0 saturated carbocycles. The van der Waals surface area contributed by atoms with E-state index < -0.39 is 0 Å². The summed E-state index contributed by atoms with van der Waals surface area (Å²) in [7, 11) is 0. The lowest BCUT2D eigenvalue weighted by Crippen LogP contribution is -2.02. The van der Waals surface area contributed by atoms with Gasteiger partial charge in [-0.2, -0.15) is 0 Å². The molecule has 94 valence electrons. The highest BCUT2D eigenvalue weighted by atomic mass is 35.5. The van der Waals surface area contributed by atoms with Gasteiger partial charge in [0.05, 0.1) is 11.4 Å². The van der Waals surface area contributed by atoms with Crippen molar-refractivity contribution in [1.29, 1.82) is 0 Å². The molecule has 0 atom stereocenters. The first-order chi connectivity index (χ1) is 8.70. The molecule has 0 amide bonds. The largest absolute Gasteiger partial charge is 0.508 e. The van der Waals surface area contributed by atoms with E-state index >= 15 is 0 Å². The van der Waals surface area contributed by atoms with Gasteiger partial charge in [0.1, 0.15) is 5.75 Å². The van der Waals surface area contributed by atoms with Gasteiger partial charge in [0.2, 0.25) is 0 Å². The van der Waals surface area contributed by atoms with E-state index in [1.807, 2.05) is 36.4 Å². The third-order valence-corrected chi connectivity index (χ3v) is 3.04. The summed E-state index contributed by atoms with van der Waals surface area (Å²) in [6.07, 6.45) is 0. The first-order valence-corrected chi connectivity index (χ1v) is 6.19. The van der Waals surface area contributed by atoms with E-state index in [4.69, 9.17) is 17.3 Å². The van der Waals surface area contributed by atoms with Crippen LogP contribution in [0.2, 0.25) is 0 Å². The highest BCUT2D eigenvalue weighted by molar-refractivity contribution is 6.17.